The fourth-order valence-corrected chi connectivity index (χ4v) is 1.59. The molecule has 0 aliphatic heterocycles. The molecular formula is C12H9N7. The number of nitrogens with one attached hydrogen (secondary N) is 3. The van der Waals surface area contributed by atoms with E-state index >= 15 is 0 Å². The van der Waals surface area contributed by atoms with Crippen LogP contribution in [-0.2, 0) is 0 Å². The average molecular weight is 251 g/mol. The van der Waals surface area contributed by atoms with Crippen LogP contribution in [0.25, 0.3) is 10.9 Å². The van der Waals surface area contributed by atoms with E-state index in [1.807, 2.05) is 12.1 Å². The number of aromatic nitrogens is 1. The maximum absolute atomic E-state index is 8.94. The molecule has 0 aliphatic carbocycles. The molecule has 2 aromatic rings. The Morgan fingerprint density at radius 1 is 1.42 bits per heavy atom. The van der Waals surface area contributed by atoms with Gasteiger partial charge in [-0.25, -0.2) is 0 Å². The molecule has 1 heterocycles. The van der Waals surface area contributed by atoms with Crippen LogP contribution in [0.3, 0.4) is 0 Å². The molecule has 1 aromatic heterocycles. The van der Waals surface area contributed by atoms with Crippen LogP contribution in [0.2, 0.25) is 0 Å². The van der Waals surface area contributed by atoms with Crippen LogP contribution in [0.1, 0.15) is 5.56 Å². The van der Waals surface area contributed by atoms with Gasteiger partial charge in [-0.15, -0.1) is 0 Å². The molecular weight excluding hydrogens is 242 g/mol. The molecule has 0 spiro atoms. The van der Waals surface area contributed by atoms with Gasteiger partial charge in [0.1, 0.15) is 6.07 Å². The van der Waals surface area contributed by atoms with Crippen LogP contribution in [0, 0.1) is 28.1 Å². The largest absolute Gasteiger partial charge is 0.382 e. The van der Waals surface area contributed by atoms with E-state index in [1.165, 1.54) is 0 Å². The second-order valence-electron chi connectivity index (χ2n) is 3.67. The molecule has 0 amide bonds. The van der Waals surface area contributed by atoms with Gasteiger partial charge in [-0.2, -0.15) is 15.6 Å². The monoisotopic (exact) mass is 251 g/mol. The number of rotatable bonds is 3. The number of hydrogen-bond acceptors (Lipinski definition) is 5. The molecule has 0 saturated carbocycles. The van der Waals surface area contributed by atoms with Crippen molar-refractivity contribution < 1.29 is 0 Å². The summed E-state index contributed by atoms with van der Waals surface area (Å²) in [6, 6.07) is 8.87. The van der Waals surface area contributed by atoms with Crippen molar-refractivity contribution in [3.05, 3.63) is 30.0 Å². The Labute approximate surface area is 108 Å². The van der Waals surface area contributed by atoms with Crippen molar-refractivity contribution in [3.8, 4) is 12.1 Å². The maximum Gasteiger partial charge on any atom is 0.201 e. The fraction of sp³-hybridized carbons (Fsp3) is 0. The van der Waals surface area contributed by atoms with E-state index in [0.717, 1.165) is 10.9 Å². The van der Waals surface area contributed by atoms with Crippen LogP contribution in [0.15, 0.2) is 29.5 Å². The van der Waals surface area contributed by atoms with Gasteiger partial charge in [0.25, 0.3) is 0 Å². The number of nitriles is 2. The van der Waals surface area contributed by atoms with Gasteiger partial charge < -0.3 is 10.7 Å². The van der Waals surface area contributed by atoms with E-state index in [0.29, 0.717) is 11.3 Å². The SMILES string of the molecule is N#C/C(=N\Nc1cc(C#N)cc2[nH]ccc12)C(=N)N. The maximum atomic E-state index is 8.94. The number of H-pyrrole nitrogens is 1. The summed E-state index contributed by atoms with van der Waals surface area (Å²) in [5, 5.41) is 29.4. The first kappa shape index (κ1) is 12.1. The molecule has 0 atom stereocenters. The van der Waals surface area contributed by atoms with Gasteiger partial charge in [0.15, 0.2) is 5.84 Å². The molecule has 2 rings (SSSR count). The number of nitrogens with zero attached hydrogens (tertiary/aromatic N) is 3. The number of nitrogens with two attached hydrogens (primary N) is 1. The molecule has 0 fully saturated rings. The first-order valence-corrected chi connectivity index (χ1v) is 5.25. The van der Waals surface area contributed by atoms with Crippen LogP contribution in [0.4, 0.5) is 5.69 Å². The Balaban J connectivity index is 2.46. The summed E-state index contributed by atoms with van der Waals surface area (Å²) in [6.07, 6.45) is 1.73. The standard InChI is InChI=1S/C12H9N7/c13-5-7-3-9-8(1-2-17-9)10(4-7)18-19-11(6-14)12(15)16/h1-4,17-18H,(H3,15,16)/b19-11+. The van der Waals surface area contributed by atoms with Gasteiger partial charge in [0, 0.05) is 17.1 Å². The normalized spacial score (nSPS) is 10.7. The quantitative estimate of drug-likeness (QED) is 0.370. The lowest BCUT2D eigenvalue weighted by atomic mass is 10.1. The summed E-state index contributed by atoms with van der Waals surface area (Å²) in [5.41, 5.74) is 9.42. The zero-order chi connectivity index (χ0) is 13.8. The number of aromatic amines is 1. The van der Waals surface area contributed by atoms with E-state index in [-0.39, 0.29) is 5.71 Å². The lowest BCUT2D eigenvalue weighted by Crippen LogP contribution is -2.21. The Bertz CT molecular complexity index is 754. The molecule has 92 valence electrons. The Hall–Kier alpha value is -3.32. The van der Waals surface area contributed by atoms with E-state index in [1.54, 1.807) is 24.4 Å². The smallest absolute Gasteiger partial charge is 0.201 e. The Morgan fingerprint density at radius 3 is 2.84 bits per heavy atom. The minimum absolute atomic E-state index is 0.217. The average Bonchev–Trinajstić information content (AvgIpc) is 2.86. The van der Waals surface area contributed by atoms with Gasteiger partial charge in [-0.1, -0.05) is 0 Å². The highest BCUT2D eigenvalue weighted by Gasteiger charge is 2.06. The van der Waals surface area contributed by atoms with Gasteiger partial charge in [-0.3, -0.25) is 10.8 Å². The zero-order valence-electron chi connectivity index (χ0n) is 9.73. The van der Waals surface area contributed by atoms with Crippen molar-refractivity contribution in [1.29, 1.82) is 15.9 Å². The topological polar surface area (TPSA) is 138 Å². The first-order valence-electron chi connectivity index (χ1n) is 5.25. The molecule has 7 nitrogen and oxygen atoms in total. The summed E-state index contributed by atoms with van der Waals surface area (Å²) < 4.78 is 0. The van der Waals surface area contributed by atoms with Crippen molar-refractivity contribution in [2.45, 2.75) is 0 Å². The lowest BCUT2D eigenvalue weighted by molar-refractivity contribution is 1.34. The van der Waals surface area contributed by atoms with E-state index < -0.39 is 5.84 Å². The van der Waals surface area contributed by atoms with Crippen LogP contribution in [0.5, 0.6) is 0 Å². The van der Waals surface area contributed by atoms with Crippen LogP contribution >= 0.6 is 0 Å². The van der Waals surface area contributed by atoms with Crippen LogP contribution in [-0.4, -0.2) is 16.5 Å². The lowest BCUT2D eigenvalue weighted by Gasteiger charge is -2.04. The summed E-state index contributed by atoms with van der Waals surface area (Å²) in [4.78, 5) is 2.99. The third-order valence-electron chi connectivity index (χ3n) is 2.45. The minimum Gasteiger partial charge on any atom is -0.382 e. The predicted molar refractivity (Wildman–Crippen MR) is 71.6 cm³/mol. The van der Waals surface area contributed by atoms with Gasteiger partial charge in [0.05, 0.1) is 17.3 Å². The molecule has 0 aliphatic rings. The third-order valence-corrected chi connectivity index (χ3v) is 2.45. The first-order chi connectivity index (χ1) is 9.15. The molecule has 0 saturated heterocycles. The molecule has 5 N–H and O–H groups in total. The summed E-state index contributed by atoms with van der Waals surface area (Å²) in [5.74, 6) is -0.420. The molecule has 19 heavy (non-hydrogen) atoms. The molecule has 7 heteroatoms. The number of benzene rings is 1. The van der Waals surface area contributed by atoms with Crippen molar-refractivity contribution in [2.24, 2.45) is 10.8 Å². The Morgan fingerprint density at radius 2 is 2.21 bits per heavy atom. The number of fused-ring (bicyclic) bond motifs is 1. The Kier molecular flexibility index (Phi) is 3.13. The summed E-state index contributed by atoms with van der Waals surface area (Å²) in [7, 11) is 0. The third kappa shape index (κ3) is 2.35. The highest BCUT2D eigenvalue weighted by molar-refractivity contribution is 6.45. The van der Waals surface area contributed by atoms with Crippen molar-refractivity contribution in [1.82, 2.24) is 4.98 Å². The highest BCUT2D eigenvalue weighted by Crippen LogP contribution is 2.24. The number of hydrogen-bond donors (Lipinski definition) is 4. The van der Waals surface area contributed by atoms with E-state index in [9.17, 15) is 0 Å². The van der Waals surface area contributed by atoms with Crippen molar-refractivity contribution in [3.63, 3.8) is 0 Å². The second-order valence-corrected chi connectivity index (χ2v) is 3.67. The highest BCUT2D eigenvalue weighted by atomic mass is 15.3. The van der Waals surface area contributed by atoms with Crippen LogP contribution < -0.4 is 11.2 Å². The summed E-state index contributed by atoms with van der Waals surface area (Å²) >= 11 is 0. The van der Waals surface area contributed by atoms with E-state index in [2.05, 4.69) is 15.5 Å². The fourth-order valence-electron chi connectivity index (χ4n) is 1.59. The number of amidine groups is 1. The van der Waals surface area contributed by atoms with Gasteiger partial charge in [-0.05, 0) is 18.2 Å². The minimum atomic E-state index is -0.420. The molecule has 0 unspecified atom stereocenters. The zero-order valence-corrected chi connectivity index (χ0v) is 9.73. The predicted octanol–water partition coefficient (Wildman–Crippen LogP) is 1.27. The number of hydrazone groups is 1. The van der Waals surface area contributed by atoms with E-state index in [4.69, 9.17) is 21.7 Å². The molecule has 0 radical (unpaired) electrons. The summed E-state index contributed by atoms with van der Waals surface area (Å²) in [6.45, 7) is 0. The van der Waals surface area contributed by atoms with Gasteiger partial charge >= 0.3 is 0 Å². The molecule has 0 bridgehead atoms. The second kappa shape index (κ2) is 4.90. The van der Waals surface area contributed by atoms with Crippen molar-refractivity contribution in [2.75, 3.05) is 5.43 Å². The van der Waals surface area contributed by atoms with Crippen molar-refractivity contribution >= 4 is 28.1 Å². The molecule has 1 aromatic carbocycles. The van der Waals surface area contributed by atoms with Gasteiger partial charge in [0.2, 0.25) is 5.71 Å². The number of anilines is 1.